The zero-order chi connectivity index (χ0) is 27.7. The van der Waals surface area contributed by atoms with Crippen LogP contribution in [0, 0.1) is 0 Å². The van der Waals surface area contributed by atoms with Crippen molar-refractivity contribution in [3.63, 3.8) is 0 Å². The molecule has 1 spiro atoms. The molecule has 1 aliphatic carbocycles. The first kappa shape index (κ1) is 23.2. The fourth-order valence-electron chi connectivity index (χ4n) is 7.05. The Morgan fingerprint density at radius 3 is 1.90 bits per heavy atom. The van der Waals surface area contributed by atoms with E-state index in [1.165, 1.54) is 22.3 Å². The molecular weight excluding hydrogens is 512 g/mol. The Morgan fingerprint density at radius 2 is 1.12 bits per heavy atom. The van der Waals surface area contributed by atoms with Crippen LogP contribution in [-0.4, -0.2) is 9.97 Å². The maximum atomic E-state index is 6.58. The van der Waals surface area contributed by atoms with Crippen molar-refractivity contribution in [2.75, 3.05) is 0 Å². The molecule has 2 heterocycles. The topological polar surface area (TPSA) is 35.0 Å². The van der Waals surface area contributed by atoms with Crippen molar-refractivity contribution in [3.05, 3.63) is 168 Å². The Labute approximate surface area is 243 Å². The van der Waals surface area contributed by atoms with E-state index in [1.54, 1.807) is 0 Å². The molecule has 1 aromatic heterocycles. The van der Waals surface area contributed by atoms with Crippen LogP contribution in [0.5, 0.6) is 11.5 Å². The van der Waals surface area contributed by atoms with E-state index in [2.05, 4.69) is 121 Å². The quantitative estimate of drug-likeness (QED) is 0.221. The number of fused-ring (bicyclic) bond motifs is 10. The lowest BCUT2D eigenvalue weighted by Gasteiger charge is -2.39. The number of hydrogen-bond acceptors (Lipinski definition) is 3. The van der Waals surface area contributed by atoms with E-state index >= 15 is 0 Å². The molecular formula is C39H24N2O. The van der Waals surface area contributed by atoms with Crippen LogP contribution in [0.15, 0.2) is 146 Å². The highest BCUT2D eigenvalue weighted by Crippen LogP contribution is 2.62. The molecule has 0 saturated carbocycles. The van der Waals surface area contributed by atoms with E-state index in [-0.39, 0.29) is 0 Å². The lowest BCUT2D eigenvalue weighted by atomic mass is 9.66. The zero-order valence-corrected chi connectivity index (χ0v) is 22.7. The minimum atomic E-state index is -0.502. The van der Waals surface area contributed by atoms with Gasteiger partial charge in [0.05, 0.1) is 28.3 Å². The van der Waals surface area contributed by atoms with E-state index in [1.807, 2.05) is 24.4 Å². The molecule has 7 aromatic rings. The van der Waals surface area contributed by atoms with Gasteiger partial charge in [-0.05, 0) is 58.1 Å². The number of ether oxygens (including phenoxy) is 1. The van der Waals surface area contributed by atoms with Crippen molar-refractivity contribution >= 4 is 11.0 Å². The molecule has 6 aromatic carbocycles. The Morgan fingerprint density at radius 1 is 0.476 bits per heavy atom. The first-order chi connectivity index (χ1) is 20.8. The van der Waals surface area contributed by atoms with Gasteiger partial charge in [0.1, 0.15) is 11.5 Å². The van der Waals surface area contributed by atoms with Gasteiger partial charge in [0.15, 0.2) is 0 Å². The largest absolute Gasteiger partial charge is 0.457 e. The van der Waals surface area contributed by atoms with E-state index in [9.17, 15) is 0 Å². The molecule has 0 bridgehead atoms. The number of aromatic nitrogens is 2. The molecule has 9 rings (SSSR count). The number of hydrogen-bond donors (Lipinski definition) is 0. The predicted octanol–water partition coefficient (Wildman–Crippen LogP) is 9.43. The molecule has 0 saturated heterocycles. The molecule has 0 atom stereocenters. The van der Waals surface area contributed by atoms with E-state index in [4.69, 9.17) is 14.7 Å². The molecule has 1 aliphatic heterocycles. The number of para-hydroxylation sites is 2. The van der Waals surface area contributed by atoms with Crippen molar-refractivity contribution in [2.24, 2.45) is 0 Å². The SMILES string of the molecule is c1ccc(-c2cccc3nc(-c4ccc5c(c4)C4(c6ccccc6O5)c5ccccc5-c5ccccc54)cnc23)cc1. The first-order valence-corrected chi connectivity index (χ1v) is 14.3. The Hall–Kier alpha value is -5.54. The van der Waals surface area contributed by atoms with Crippen LogP contribution in [-0.2, 0) is 5.41 Å². The van der Waals surface area contributed by atoms with Crippen LogP contribution in [0.2, 0.25) is 0 Å². The average Bonchev–Trinajstić information content (AvgIpc) is 3.35. The highest BCUT2D eigenvalue weighted by atomic mass is 16.5. The summed E-state index contributed by atoms with van der Waals surface area (Å²) in [6, 6.07) is 49.1. The average molecular weight is 537 g/mol. The van der Waals surface area contributed by atoms with Crippen molar-refractivity contribution in [1.82, 2.24) is 9.97 Å². The van der Waals surface area contributed by atoms with Gasteiger partial charge in [-0.2, -0.15) is 0 Å². The van der Waals surface area contributed by atoms with Crippen molar-refractivity contribution in [3.8, 4) is 45.0 Å². The molecule has 0 unspecified atom stereocenters. The van der Waals surface area contributed by atoms with E-state index in [0.717, 1.165) is 56.0 Å². The summed E-state index contributed by atoms with van der Waals surface area (Å²) in [5, 5.41) is 0. The number of nitrogens with zero attached hydrogens (tertiary/aromatic N) is 2. The van der Waals surface area contributed by atoms with Gasteiger partial charge >= 0.3 is 0 Å². The van der Waals surface area contributed by atoms with E-state index < -0.39 is 5.41 Å². The van der Waals surface area contributed by atoms with Crippen LogP contribution in [0.3, 0.4) is 0 Å². The summed E-state index contributed by atoms with van der Waals surface area (Å²) in [4.78, 5) is 10.1. The standard InChI is InChI=1S/C39H24N2O/c1-2-11-25(12-3-1)27-15-10-19-34-38(27)40-24-35(41-34)26-21-22-37-33(23-26)39(32-18-8-9-20-36(32)42-37)30-16-6-4-13-28(30)29-14-5-7-17-31(29)39/h1-24H. The minimum Gasteiger partial charge on any atom is -0.457 e. The van der Waals surface area contributed by atoms with Gasteiger partial charge in [0, 0.05) is 22.3 Å². The second kappa shape index (κ2) is 8.73. The molecule has 196 valence electrons. The Kier molecular flexibility index (Phi) is 4.82. The van der Waals surface area contributed by atoms with Gasteiger partial charge in [0.25, 0.3) is 0 Å². The van der Waals surface area contributed by atoms with Crippen LogP contribution in [0.1, 0.15) is 22.3 Å². The summed E-state index contributed by atoms with van der Waals surface area (Å²) in [7, 11) is 0. The molecule has 0 radical (unpaired) electrons. The third kappa shape index (κ3) is 3.11. The van der Waals surface area contributed by atoms with Crippen LogP contribution >= 0.6 is 0 Å². The van der Waals surface area contributed by atoms with Gasteiger partial charge in [-0.15, -0.1) is 0 Å². The lowest BCUT2D eigenvalue weighted by molar-refractivity contribution is 0.436. The van der Waals surface area contributed by atoms with Crippen molar-refractivity contribution in [1.29, 1.82) is 0 Å². The van der Waals surface area contributed by atoms with Gasteiger partial charge in [-0.25, -0.2) is 4.98 Å². The molecule has 3 nitrogen and oxygen atoms in total. The molecule has 42 heavy (non-hydrogen) atoms. The molecule has 0 N–H and O–H groups in total. The monoisotopic (exact) mass is 536 g/mol. The van der Waals surface area contributed by atoms with Crippen molar-refractivity contribution < 1.29 is 4.74 Å². The second-order valence-electron chi connectivity index (χ2n) is 10.9. The zero-order valence-electron chi connectivity index (χ0n) is 22.7. The third-order valence-electron chi connectivity index (χ3n) is 8.80. The predicted molar refractivity (Wildman–Crippen MR) is 168 cm³/mol. The minimum absolute atomic E-state index is 0.502. The van der Waals surface area contributed by atoms with E-state index in [0.29, 0.717) is 0 Å². The van der Waals surface area contributed by atoms with Crippen molar-refractivity contribution in [2.45, 2.75) is 5.41 Å². The first-order valence-electron chi connectivity index (χ1n) is 14.3. The third-order valence-corrected chi connectivity index (χ3v) is 8.80. The normalized spacial score (nSPS) is 13.6. The van der Waals surface area contributed by atoms with Gasteiger partial charge in [-0.1, -0.05) is 109 Å². The second-order valence-corrected chi connectivity index (χ2v) is 10.9. The van der Waals surface area contributed by atoms with Gasteiger partial charge in [-0.3, -0.25) is 4.98 Å². The van der Waals surface area contributed by atoms with Gasteiger partial charge in [0.2, 0.25) is 0 Å². The van der Waals surface area contributed by atoms with Crippen LogP contribution < -0.4 is 4.74 Å². The highest BCUT2D eigenvalue weighted by molar-refractivity contribution is 5.93. The molecule has 2 aliphatic rings. The number of benzene rings is 6. The Bertz CT molecular complexity index is 2140. The summed E-state index contributed by atoms with van der Waals surface area (Å²) in [6.07, 6.45) is 1.90. The fourth-order valence-corrected chi connectivity index (χ4v) is 7.05. The smallest absolute Gasteiger partial charge is 0.132 e. The summed E-state index contributed by atoms with van der Waals surface area (Å²) >= 11 is 0. The fraction of sp³-hybridized carbons (Fsp3) is 0.0256. The summed E-state index contributed by atoms with van der Waals surface area (Å²) in [5.41, 5.74) is 12.7. The lowest BCUT2D eigenvalue weighted by Crippen LogP contribution is -2.32. The summed E-state index contributed by atoms with van der Waals surface area (Å²) < 4.78 is 6.58. The summed E-state index contributed by atoms with van der Waals surface area (Å²) in [5.74, 6) is 1.76. The van der Waals surface area contributed by atoms with Gasteiger partial charge < -0.3 is 4.74 Å². The molecule has 0 fully saturated rings. The maximum absolute atomic E-state index is 6.58. The van der Waals surface area contributed by atoms with Crippen LogP contribution in [0.4, 0.5) is 0 Å². The molecule has 3 heteroatoms. The van der Waals surface area contributed by atoms with Crippen LogP contribution in [0.25, 0.3) is 44.5 Å². The number of rotatable bonds is 2. The maximum Gasteiger partial charge on any atom is 0.132 e. The molecule has 0 amide bonds. The summed E-state index contributed by atoms with van der Waals surface area (Å²) in [6.45, 7) is 0. The highest BCUT2D eigenvalue weighted by Gasteiger charge is 2.50. The Balaban J connectivity index is 1.29.